The molecule has 0 N–H and O–H groups in total. The van der Waals surface area contributed by atoms with Gasteiger partial charge in [-0.3, -0.25) is 4.79 Å². The third-order valence-electron chi connectivity index (χ3n) is 3.51. The molecule has 0 fully saturated rings. The summed E-state index contributed by atoms with van der Waals surface area (Å²) in [6.07, 6.45) is 0.989. The Hall–Kier alpha value is -2.03. The van der Waals surface area contributed by atoms with E-state index in [1.54, 1.807) is 30.3 Å². The van der Waals surface area contributed by atoms with Crippen molar-refractivity contribution in [2.45, 2.75) is 23.8 Å². The molecule has 0 spiro atoms. The van der Waals surface area contributed by atoms with Crippen LogP contribution in [0.2, 0.25) is 0 Å². The van der Waals surface area contributed by atoms with Crippen LogP contribution in [0.3, 0.4) is 0 Å². The minimum atomic E-state index is -5.77. The van der Waals surface area contributed by atoms with E-state index in [9.17, 15) is 26.4 Å². The Morgan fingerprint density at radius 1 is 1.22 bits per heavy atom. The lowest BCUT2D eigenvalue weighted by atomic mass is 9.80. The minimum Gasteiger partial charge on any atom is -0.468 e. The van der Waals surface area contributed by atoms with Gasteiger partial charge >= 0.3 is 21.6 Å². The molecule has 0 bridgehead atoms. The van der Waals surface area contributed by atoms with E-state index in [1.165, 1.54) is 0 Å². The number of benzene rings is 1. The maximum Gasteiger partial charge on any atom is 0.534 e. The fourth-order valence-corrected chi connectivity index (χ4v) is 2.93. The van der Waals surface area contributed by atoms with E-state index in [4.69, 9.17) is 4.74 Å². The number of esters is 1. The van der Waals surface area contributed by atoms with Crippen LogP contribution in [-0.2, 0) is 29.2 Å². The third kappa shape index (κ3) is 3.19. The van der Waals surface area contributed by atoms with E-state index in [1.807, 2.05) is 0 Å². The fourth-order valence-electron chi connectivity index (χ4n) is 2.42. The number of hydrogen-bond acceptors (Lipinski definition) is 5. The molecule has 0 saturated heterocycles. The summed E-state index contributed by atoms with van der Waals surface area (Å²) in [6, 6.07) is 8.22. The molecule has 0 amide bonds. The predicted molar refractivity (Wildman–Crippen MR) is 73.5 cm³/mol. The number of hydrogen-bond donors (Lipinski definition) is 0. The number of rotatable bonds is 4. The molecule has 1 aliphatic rings. The van der Waals surface area contributed by atoms with E-state index in [0.717, 1.165) is 13.2 Å². The highest BCUT2D eigenvalue weighted by molar-refractivity contribution is 7.87. The Morgan fingerprint density at radius 2 is 1.83 bits per heavy atom. The Labute approximate surface area is 130 Å². The summed E-state index contributed by atoms with van der Waals surface area (Å²) in [5.74, 6) is -1.14. The van der Waals surface area contributed by atoms with Crippen LogP contribution in [0.15, 0.2) is 42.2 Å². The molecule has 126 valence electrons. The van der Waals surface area contributed by atoms with Crippen LogP contribution in [-0.4, -0.2) is 27.0 Å². The molecule has 23 heavy (non-hydrogen) atoms. The Balaban J connectivity index is 2.42. The van der Waals surface area contributed by atoms with Gasteiger partial charge in [0.1, 0.15) is 11.2 Å². The Morgan fingerprint density at radius 3 is 2.35 bits per heavy atom. The molecular formula is C14H13F3O5S. The zero-order valence-corrected chi connectivity index (χ0v) is 12.8. The van der Waals surface area contributed by atoms with Gasteiger partial charge in [-0.1, -0.05) is 30.3 Å². The number of methoxy groups -OCH3 is 1. The maximum atomic E-state index is 12.4. The van der Waals surface area contributed by atoms with Gasteiger partial charge in [-0.05, 0) is 18.1 Å². The number of halogens is 3. The topological polar surface area (TPSA) is 69.7 Å². The number of carbonyl (C=O) groups excluding carboxylic acids is 1. The SMILES string of the molecule is COC(=O)[C@@]1(c2ccccc2)C=C(OS(=O)(=O)C(F)(F)F)CC1. The molecule has 0 aliphatic heterocycles. The van der Waals surface area contributed by atoms with Crippen LogP contribution in [0.1, 0.15) is 18.4 Å². The van der Waals surface area contributed by atoms with Crippen molar-refractivity contribution in [1.29, 1.82) is 0 Å². The molecule has 1 aliphatic carbocycles. The summed E-state index contributed by atoms with van der Waals surface area (Å²) in [6.45, 7) is 0. The molecule has 5 nitrogen and oxygen atoms in total. The van der Waals surface area contributed by atoms with Crippen molar-refractivity contribution >= 4 is 16.1 Å². The normalized spacial score (nSPS) is 21.7. The molecule has 1 aromatic carbocycles. The smallest absolute Gasteiger partial charge is 0.468 e. The summed E-state index contributed by atoms with van der Waals surface area (Å²) < 4.78 is 68.2. The van der Waals surface area contributed by atoms with Crippen LogP contribution in [0.4, 0.5) is 13.2 Å². The molecule has 0 unspecified atom stereocenters. The third-order valence-corrected chi connectivity index (χ3v) is 4.51. The summed E-state index contributed by atoms with van der Waals surface area (Å²) in [5.41, 5.74) is -6.42. The average Bonchev–Trinajstić information content (AvgIpc) is 2.90. The highest BCUT2D eigenvalue weighted by Gasteiger charge is 2.51. The number of allylic oxidation sites excluding steroid dienone is 1. The van der Waals surface area contributed by atoms with Crippen LogP contribution < -0.4 is 0 Å². The van der Waals surface area contributed by atoms with Crippen LogP contribution >= 0.6 is 0 Å². The van der Waals surface area contributed by atoms with Gasteiger partial charge in [0, 0.05) is 6.42 Å². The largest absolute Gasteiger partial charge is 0.534 e. The fraction of sp³-hybridized carbons (Fsp3) is 0.357. The van der Waals surface area contributed by atoms with E-state index in [2.05, 4.69) is 4.18 Å². The average molecular weight is 350 g/mol. The Kier molecular flexibility index (Phi) is 4.43. The van der Waals surface area contributed by atoms with Gasteiger partial charge in [0.2, 0.25) is 0 Å². The lowest BCUT2D eigenvalue weighted by Gasteiger charge is -2.24. The summed E-state index contributed by atoms with van der Waals surface area (Å²) in [5, 5.41) is 0. The summed E-state index contributed by atoms with van der Waals surface area (Å²) in [7, 11) is -4.62. The van der Waals surface area contributed by atoms with Crippen LogP contribution in [0.5, 0.6) is 0 Å². The van der Waals surface area contributed by atoms with Gasteiger partial charge < -0.3 is 8.92 Å². The monoisotopic (exact) mass is 350 g/mol. The first-order chi connectivity index (χ1) is 10.6. The summed E-state index contributed by atoms with van der Waals surface area (Å²) in [4.78, 5) is 12.2. The zero-order chi connectivity index (χ0) is 17.3. The van der Waals surface area contributed by atoms with Gasteiger partial charge in [0.15, 0.2) is 0 Å². The van der Waals surface area contributed by atoms with E-state index in [0.29, 0.717) is 5.56 Å². The van der Waals surface area contributed by atoms with Crippen LogP contribution in [0, 0.1) is 0 Å². The molecule has 9 heteroatoms. The maximum absolute atomic E-state index is 12.4. The molecule has 1 aromatic rings. The van der Waals surface area contributed by atoms with E-state index >= 15 is 0 Å². The predicted octanol–water partition coefficient (Wildman–Crippen LogP) is 2.64. The van der Waals surface area contributed by atoms with Gasteiger partial charge in [-0.25, -0.2) is 0 Å². The van der Waals surface area contributed by atoms with Crippen LogP contribution in [0.25, 0.3) is 0 Å². The number of alkyl halides is 3. The quantitative estimate of drug-likeness (QED) is 0.474. The van der Waals surface area contributed by atoms with Crippen molar-refractivity contribution in [1.82, 2.24) is 0 Å². The minimum absolute atomic E-state index is 0.0480. The first-order valence-corrected chi connectivity index (χ1v) is 7.90. The second-order valence-electron chi connectivity index (χ2n) is 4.92. The first kappa shape index (κ1) is 17.3. The van der Waals surface area contributed by atoms with Crippen molar-refractivity contribution in [3.05, 3.63) is 47.7 Å². The molecule has 0 saturated carbocycles. The number of carbonyl (C=O) groups is 1. The van der Waals surface area contributed by atoms with Crippen molar-refractivity contribution in [2.75, 3.05) is 7.11 Å². The van der Waals surface area contributed by atoms with Crippen molar-refractivity contribution in [3.8, 4) is 0 Å². The molecule has 0 radical (unpaired) electrons. The molecule has 2 rings (SSSR count). The lowest BCUT2D eigenvalue weighted by molar-refractivity contribution is -0.145. The standard InChI is InChI=1S/C14H13F3O5S/c1-21-12(18)13(10-5-3-2-4-6-10)8-7-11(9-13)22-23(19,20)14(15,16)17/h2-6,9H,7-8H2,1H3/t13-/m1/s1. The molecular weight excluding hydrogens is 337 g/mol. The summed E-state index contributed by atoms with van der Waals surface area (Å²) >= 11 is 0. The number of ether oxygens (including phenoxy) is 1. The second-order valence-corrected chi connectivity index (χ2v) is 6.46. The van der Waals surface area contributed by atoms with Gasteiger partial charge in [0.25, 0.3) is 0 Å². The molecule has 0 aromatic heterocycles. The first-order valence-electron chi connectivity index (χ1n) is 6.49. The lowest BCUT2D eigenvalue weighted by Crippen LogP contribution is -2.33. The van der Waals surface area contributed by atoms with E-state index in [-0.39, 0.29) is 12.8 Å². The van der Waals surface area contributed by atoms with Gasteiger partial charge in [0.05, 0.1) is 7.11 Å². The Bertz CT molecular complexity index is 725. The zero-order valence-electron chi connectivity index (χ0n) is 12.0. The molecule has 1 atom stereocenters. The van der Waals surface area contributed by atoms with E-state index < -0.39 is 32.8 Å². The highest BCUT2D eigenvalue weighted by Crippen LogP contribution is 2.42. The van der Waals surface area contributed by atoms with Crippen molar-refractivity contribution < 1.29 is 35.3 Å². The van der Waals surface area contributed by atoms with Crippen molar-refractivity contribution in [3.63, 3.8) is 0 Å². The highest BCUT2D eigenvalue weighted by atomic mass is 32.2. The second kappa shape index (κ2) is 5.88. The van der Waals surface area contributed by atoms with Gasteiger partial charge in [-0.2, -0.15) is 21.6 Å². The van der Waals surface area contributed by atoms with Crippen molar-refractivity contribution in [2.24, 2.45) is 0 Å². The van der Waals surface area contributed by atoms with Gasteiger partial charge in [-0.15, -0.1) is 0 Å². The molecule has 0 heterocycles.